The van der Waals surface area contributed by atoms with E-state index in [4.69, 9.17) is 0 Å². The zero-order valence-electron chi connectivity index (χ0n) is 19.4. The first-order valence-electron chi connectivity index (χ1n) is 11.9. The van der Waals surface area contributed by atoms with Crippen LogP contribution in [0, 0.1) is 0 Å². The average molecular weight is 469 g/mol. The third kappa shape index (κ3) is 4.42. The molecule has 0 aromatic heterocycles. The maximum absolute atomic E-state index is 13.8. The molecular weight excluding hydrogens is 440 g/mol. The van der Waals surface area contributed by atoms with E-state index in [1.807, 2.05) is 78.9 Å². The third-order valence-electron chi connectivity index (χ3n) is 6.82. The van der Waals surface area contributed by atoms with Crippen LogP contribution < -0.4 is 10.6 Å². The fraction of sp³-hybridized carbons (Fsp3) is 0.250. The Balaban J connectivity index is 1.27. The number of hydrogen-bond donors (Lipinski definition) is 2. The van der Waals surface area contributed by atoms with Gasteiger partial charge in [-0.1, -0.05) is 78.9 Å². The van der Waals surface area contributed by atoms with Crippen LogP contribution >= 0.6 is 0 Å². The lowest BCUT2D eigenvalue weighted by atomic mass is 9.83. The monoisotopic (exact) mass is 468 g/mol. The van der Waals surface area contributed by atoms with E-state index in [1.165, 1.54) is 4.90 Å². The highest BCUT2D eigenvalue weighted by molar-refractivity contribution is 6.09. The van der Waals surface area contributed by atoms with Gasteiger partial charge in [0.05, 0.1) is 6.67 Å². The molecular formula is C28H28N4O3. The SMILES string of the molecule is O=C(NC1CCN(CN2C(=O)NC(c3ccccc3)(c3ccccc3)C2=O)CC1)c1ccccc1. The summed E-state index contributed by atoms with van der Waals surface area (Å²) in [4.78, 5) is 42.8. The molecule has 0 saturated carbocycles. The van der Waals surface area contributed by atoms with Gasteiger partial charge in [-0.15, -0.1) is 0 Å². The summed E-state index contributed by atoms with van der Waals surface area (Å²) >= 11 is 0. The van der Waals surface area contributed by atoms with E-state index in [9.17, 15) is 14.4 Å². The molecule has 3 aromatic rings. The van der Waals surface area contributed by atoms with E-state index in [-0.39, 0.29) is 24.5 Å². The predicted octanol–water partition coefficient (Wildman–Crippen LogP) is 3.33. The third-order valence-corrected chi connectivity index (χ3v) is 6.82. The number of carbonyl (C=O) groups is 3. The van der Waals surface area contributed by atoms with Crippen molar-refractivity contribution in [2.75, 3.05) is 19.8 Å². The number of amides is 4. The molecule has 0 atom stereocenters. The van der Waals surface area contributed by atoms with Crippen LogP contribution in [0.25, 0.3) is 0 Å². The molecule has 4 amide bonds. The Morgan fingerprint density at radius 3 is 1.89 bits per heavy atom. The number of carbonyl (C=O) groups excluding carboxylic acids is 3. The van der Waals surface area contributed by atoms with Crippen molar-refractivity contribution in [2.45, 2.75) is 24.4 Å². The molecule has 5 rings (SSSR count). The standard InChI is InChI=1S/C28H28N4O3/c33-25(21-10-4-1-5-11-21)29-24-16-18-31(19-17-24)20-32-26(34)28(30-27(32)35,22-12-6-2-7-13-22)23-14-8-3-9-15-23/h1-15,24H,16-20H2,(H,29,33)(H,30,35). The van der Waals surface area contributed by atoms with Crippen LogP contribution in [0.4, 0.5) is 4.79 Å². The van der Waals surface area contributed by atoms with Crippen LogP contribution in [0.1, 0.15) is 34.3 Å². The summed E-state index contributed by atoms with van der Waals surface area (Å²) in [5, 5.41) is 6.09. The van der Waals surface area contributed by atoms with Gasteiger partial charge in [0.2, 0.25) is 0 Å². The molecule has 178 valence electrons. The van der Waals surface area contributed by atoms with Crippen molar-refractivity contribution in [1.29, 1.82) is 0 Å². The molecule has 2 N–H and O–H groups in total. The molecule has 7 nitrogen and oxygen atoms in total. The van der Waals surface area contributed by atoms with Gasteiger partial charge in [0.1, 0.15) is 0 Å². The first-order valence-corrected chi connectivity index (χ1v) is 11.9. The van der Waals surface area contributed by atoms with Crippen molar-refractivity contribution >= 4 is 17.8 Å². The molecule has 2 saturated heterocycles. The van der Waals surface area contributed by atoms with Crippen molar-refractivity contribution < 1.29 is 14.4 Å². The summed E-state index contributed by atoms with van der Waals surface area (Å²) in [7, 11) is 0. The maximum Gasteiger partial charge on any atom is 0.326 e. The Labute approximate surface area is 204 Å². The minimum Gasteiger partial charge on any atom is -0.349 e. The highest BCUT2D eigenvalue weighted by Gasteiger charge is 2.54. The van der Waals surface area contributed by atoms with Crippen molar-refractivity contribution in [1.82, 2.24) is 20.4 Å². The molecule has 0 unspecified atom stereocenters. The lowest BCUT2D eigenvalue weighted by Gasteiger charge is -2.34. The van der Waals surface area contributed by atoms with E-state index in [0.717, 1.165) is 24.0 Å². The van der Waals surface area contributed by atoms with E-state index < -0.39 is 11.6 Å². The number of rotatable bonds is 6. The van der Waals surface area contributed by atoms with Gasteiger partial charge in [-0.05, 0) is 36.1 Å². The molecule has 0 bridgehead atoms. The van der Waals surface area contributed by atoms with E-state index in [1.54, 1.807) is 12.1 Å². The molecule has 2 heterocycles. The Morgan fingerprint density at radius 1 is 0.829 bits per heavy atom. The number of imide groups is 1. The molecule has 2 fully saturated rings. The first-order chi connectivity index (χ1) is 17.1. The summed E-state index contributed by atoms with van der Waals surface area (Å²) in [6.45, 7) is 1.58. The lowest BCUT2D eigenvalue weighted by Crippen LogP contribution is -2.50. The summed E-state index contributed by atoms with van der Waals surface area (Å²) in [6.07, 6.45) is 1.51. The number of nitrogens with one attached hydrogen (secondary N) is 2. The van der Waals surface area contributed by atoms with Gasteiger partial charge in [0.15, 0.2) is 5.54 Å². The minimum absolute atomic E-state index is 0.0646. The highest BCUT2D eigenvalue weighted by atomic mass is 16.2. The van der Waals surface area contributed by atoms with E-state index in [0.29, 0.717) is 18.7 Å². The normalized spacial score (nSPS) is 18.3. The fourth-order valence-corrected chi connectivity index (χ4v) is 4.92. The van der Waals surface area contributed by atoms with Gasteiger partial charge in [-0.2, -0.15) is 0 Å². The second-order valence-corrected chi connectivity index (χ2v) is 9.02. The van der Waals surface area contributed by atoms with Gasteiger partial charge in [-0.25, -0.2) is 9.69 Å². The van der Waals surface area contributed by atoms with Gasteiger partial charge in [0, 0.05) is 24.7 Å². The molecule has 2 aliphatic rings. The van der Waals surface area contributed by atoms with Crippen LogP contribution in [0.3, 0.4) is 0 Å². The number of urea groups is 1. The molecule has 0 spiro atoms. The van der Waals surface area contributed by atoms with Gasteiger partial charge >= 0.3 is 6.03 Å². The quantitative estimate of drug-likeness (QED) is 0.544. The Hall–Kier alpha value is -3.97. The average Bonchev–Trinajstić information content (AvgIpc) is 3.17. The smallest absolute Gasteiger partial charge is 0.326 e. The second kappa shape index (κ2) is 9.72. The second-order valence-electron chi connectivity index (χ2n) is 9.02. The van der Waals surface area contributed by atoms with Crippen LogP contribution in [-0.2, 0) is 10.3 Å². The largest absolute Gasteiger partial charge is 0.349 e. The Bertz CT molecular complexity index is 1150. The summed E-state index contributed by atoms with van der Waals surface area (Å²) in [5.74, 6) is -0.354. The molecule has 7 heteroatoms. The van der Waals surface area contributed by atoms with Crippen molar-refractivity contribution in [3.63, 3.8) is 0 Å². The zero-order chi connectivity index (χ0) is 24.3. The van der Waals surface area contributed by atoms with Gasteiger partial charge in [-0.3, -0.25) is 14.5 Å². The highest BCUT2D eigenvalue weighted by Crippen LogP contribution is 2.36. The molecule has 2 aliphatic heterocycles. The van der Waals surface area contributed by atoms with Gasteiger partial charge in [0.25, 0.3) is 11.8 Å². The molecule has 35 heavy (non-hydrogen) atoms. The summed E-state index contributed by atoms with van der Waals surface area (Å²) in [5.41, 5.74) is 0.859. The lowest BCUT2D eigenvalue weighted by molar-refractivity contribution is -0.131. The number of likely N-dealkylation sites (tertiary alicyclic amines) is 1. The summed E-state index contributed by atoms with van der Waals surface area (Å²) in [6, 6.07) is 27.6. The number of hydrogen-bond acceptors (Lipinski definition) is 4. The number of piperidine rings is 1. The van der Waals surface area contributed by atoms with Crippen LogP contribution in [0.2, 0.25) is 0 Å². The van der Waals surface area contributed by atoms with E-state index in [2.05, 4.69) is 15.5 Å². The molecule has 0 radical (unpaired) electrons. The Kier molecular flexibility index (Phi) is 6.33. The van der Waals surface area contributed by atoms with Crippen molar-refractivity contribution in [2.24, 2.45) is 0 Å². The van der Waals surface area contributed by atoms with Crippen LogP contribution in [0.5, 0.6) is 0 Å². The molecule has 3 aromatic carbocycles. The van der Waals surface area contributed by atoms with Crippen molar-refractivity contribution in [3.8, 4) is 0 Å². The topological polar surface area (TPSA) is 81.8 Å². The minimum atomic E-state index is -1.25. The number of benzene rings is 3. The van der Waals surface area contributed by atoms with Crippen LogP contribution in [-0.4, -0.2) is 53.4 Å². The van der Waals surface area contributed by atoms with Crippen LogP contribution in [0.15, 0.2) is 91.0 Å². The Morgan fingerprint density at radius 2 is 1.34 bits per heavy atom. The maximum atomic E-state index is 13.8. The summed E-state index contributed by atoms with van der Waals surface area (Å²) < 4.78 is 0. The van der Waals surface area contributed by atoms with Crippen molar-refractivity contribution in [3.05, 3.63) is 108 Å². The van der Waals surface area contributed by atoms with E-state index >= 15 is 0 Å². The number of nitrogens with zero attached hydrogens (tertiary/aromatic N) is 2. The predicted molar refractivity (Wildman–Crippen MR) is 132 cm³/mol. The fourth-order valence-electron chi connectivity index (χ4n) is 4.92. The zero-order valence-corrected chi connectivity index (χ0v) is 19.4. The van der Waals surface area contributed by atoms with Gasteiger partial charge < -0.3 is 10.6 Å². The first kappa shape index (κ1) is 22.8. The molecule has 0 aliphatic carbocycles.